The van der Waals surface area contributed by atoms with Crippen molar-refractivity contribution in [1.29, 1.82) is 0 Å². The van der Waals surface area contributed by atoms with E-state index in [1.54, 1.807) is 6.07 Å². The number of amides is 1. The summed E-state index contributed by atoms with van der Waals surface area (Å²) in [5.74, 6) is 6.19. The van der Waals surface area contributed by atoms with Gasteiger partial charge in [0.15, 0.2) is 0 Å². The van der Waals surface area contributed by atoms with Crippen molar-refractivity contribution in [2.24, 2.45) is 0 Å². The minimum absolute atomic E-state index is 0.181. The van der Waals surface area contributed by atoms with Gasteiger partial charge in [-0.2, -0.15) is 11.8 Å². The van der Waals surface area contributed by atoms with E-state index in [2.05, 4.69) is 17.2 Å². The number of halogens is 1. The molecule has 2 rings (SSSR count). The van der Waals surface area contributed by atoms with Crippen molar-refractivity contribution in [3.05, 3.63) is 35.1 Å². The third-order valence-corrected chi connectivity index (χ3v) is 4.14. The Kier molecular flexibility index (Phi) is 5.45. The zero-order chi connectivity index (χ0) is 14.4. The van der Waals surface area contributed by atoms with Crippen LogP contribution in [0.25, 0.3) is 0 Å². The summed E-state index contributed by atoms with van der Waals surface area (Å²) in [6, 6.07) is 4.38. The molecule has 1 aliphatic rings. The van der Waals surface area contributed by atoms with Gasteiger partial charge >= 0.3 is 0 Å². The van der Waals surface area contributed by atoms with Gasteiger partial charge in [0.2, 0.25) is 0 Å². The molecule has 0 aliphatic carbocycles. The third-order valence-electron chi connectivity index (χ3n) is 3.09. The highest BCUT2D eigenvalue weighted by Gasteiger charge is 2.17. The minimum atomic E-state index is -0.544. The molecule has 106 valence electrons. The van der Waals surface area contributed by atoms with Gasteiger partial charge in [-0.3, -0.25) is 4.79 Å². The lowest BCUT2D eigenvalue weighted by Gasteiger charge is -2.22. The maximum atomic E-state index is 13.7. The fourth-order valence-electron chi connectivity index (χ4n) is 2.00. The number of aliphatic hydroxyl groups excluding tert-OH is 1. The Morgan fingerprint density at radius 2 is 2.20 bits per heavy atom. The molecule has 1 aromatic rings. The topological polar surface area (TPSA) is 49.3 Å². The Bertz CT molecular complexity index is 545. The van der Waals surface area contributed by atoms with Crippen molar-refractivity contribution in [2.75, 3.05) is 18.1 Å². The van der Waals surface area contributed by atoms with E-state index >= 15 is 0 Å². The molecule has 1 heterocycles. The van der Waals surface area contributed by atoms with Crippen molar-refractivity contribution >= 4 is 17.7 Å². The number of rotatable bonds is 2. The number of benzene rings is 1. The van der Waals surface area contributed by atoms with Gasteiger partial charge in [-0.1, -0.05) is 11.8 Å². The highest BCUT2D eigenvalue weighted by Crippen LogP contribution is 2.17. The molecule has 5 heteroatoms. The molecule has 0 aromatic heterocycles. The van der Waals surface area contributed by atoms with Gasteiger partial charge < -0.3 is 10.4 Å². The molecule has 0 saturated carbocycles. The lowest BCUT2D eigenvalue weighted by molar-refractivity contribution is 0.0934. The monoisotopic (exact) mass is 293 g/mol. The highest BCUT2D eigenvalue weighted by molar-refractivity contribution is 7.99. The third kappa shape index (κ3) is 3.99. The first kappa shape index (κ1) is 14.9. The molecule has 1 fully saturated rings. The number of aliphatic hydroxyl groups is 1. The van der Waals surface area contributed by atoms with Gasteiger partial charge in [0.05, 0.1) is 5.56 Å². The standard InChI is InChI=1S/C15H16FNO2S/c16-14-10-12(4-3-11(14)2-1-7-18)15(19)17-13-5-8-20-9-6-13/h3-4,10,13,18H,5-9H2,(H,17,19). The normalized spacial score (nSPS) is 15.3. The summed E-state index contributed by atoms with van der Waals surface area (Å²) in [6.07, 6.45) is 1.91. The highest BCUT2D eigenvalue weighted by atomic mass is 32.2. The SMILES string of the molecule is O=C(NC1CCSCC1)c1ccc(C#CCO)c(F)c1. The molecule has 0 bridgehead atoms. The Morgan fingerprint density at radius 3 is 2.85 bits per heavy atom. The Morgan fingerprint density at radius 1 is 1.45 bits per heavy atom. The van der Waals surface area contributed by atoms with Crippen LogP contribution in [-0.2, 0) is 0 Å². The van der Waals surface area contributed by atoms with Crippen molar-refractivity contribution < 1.29 is 14.3 Å². The second kappa shape index (κ2) is 7.32. The zero-order valence-corrected chi connectivity index (χ0v) is 11.8. The second-order valence-corrected chi connectivity index (χ2v) is 5.74. The van der Waals surface area contributed by atoms with E-state index in [1.807, 2.05) is 11.8 Å². The Balaban J connectivity index is 2.04. The maximum Gasteiger partial charge on any atom is 0.251 e. The van der Waals surface area contributed by atoms with Crippen molar-refractivity contribution in [1.82, 2.24) is 5.32 Å². The van der Waals surface area contributed by atoms with Crippen LogP contribution in [0.3, 0.4) is 0 Å². The lowest BCUT2D eigenvalue weighted by Crippen LogP contribution is -2.37. The molecule has 0 atom stereocenters. The molecule has 0 radical (unpaired) electrons. The Hall–Kier alpha value is -1.51. The smallest absolute Gasteiger partial charge is 0.251 e. The van der Waals surface area contributed by atoms with Crippen LogP contribution >= 0.6 is 11.8 Å². The van der Waals surface area contributed by atoms with Crippen LogP contribution in [0.15, 0.2) is 18.2 Å². The van der Waals surface area contributed by atoms with Crippen LogP contribution in [0.5, 0.6) is 0 Å². The van der Waals surface area contributed by atoms with E-state index in [-0.39, 0.29) is 24.1 Å². The molecule has 1 saturated heterocycles. The average Bonchev–Trinajstić information content (AvgIpc) is 2.47. The average molecular weight is 293 g/mol. The van der Waals surface area contributed by atoms with Gasteiger partial charge in [0, 0.05) is 11.6 Å². The summed E-state index contributed by atoms with van der Waals surface area (Å²) in [7, 11) is 0. The van der Waals surface area contributed by atoms with E-state index in [4.69, 9.17) is 5.11 Å². The predicted octanol–water partition coefficient (Wildman–Crippen LogP) is 1.79. The minimum Gasteiger partial charge on any atom is -0.384 e. The summed E-state index contributed by atoms with van der Waals surface area (Å²) in [5, 5.41) is 11.5. The van der Waals surface area contributed by atoms with Gasteiger partial charge in [-0.05, 0) is 42.5 Å². The van der Waals surface area contributed by atoms with Crippen LogP contribution in [0.1, 0.15) is 28.8 Å². The second-order valence-electron chi connectivity index (χ2n) is 4.51. The number of carbonyl (C=O) groups is 1. The first-order chi connectivity index (χ1) is 9.70. The van der Waals surface area contributed by atoms with Crippen molar-refractivity contribution in [3.8, 4) is 11.8 Å². The summed E-state index contributed by atoms with van der Waals surface area (Å²) in [6.45, 7) is -0.318. The van der Waals surface area contributed by atoms with Crippen LogP contribution < -0.4 is 5.32 Å². The molecule has 20 heavy (non-hydrogen) atoms. The van der Waals surface area contributed by atoms with E-state index in [0.29, 0.717) is 5.56 Å². The van der Waals surface area contributed by atoms with E-state index < -0.39 is 5.82 Å². The quantitative estimate of drug-likeness (QED) is 0.818. The molecule has 0 unspecified atom stereocenters. The van der Waals surface area contributed by atoms with E-state index in [9.17, 15) is 9.18 Å². The molecule has 1 aromatic carbocycles. The number of thioether (sulfide) groups is 1. The number of nitrogens with one attached hydrogen (secondary N) is 1. The summed E-state index contributed by atoms with van der Waals surface area (Å²) in [4.78, 5) is 12.0. The molecule has 1 aliphatic heterocycles. The molecule has 2 N–H and O–H groups in total. The van der Waals surface area contributed by atoms with Crippen molar-refractivity contribution in [2.45, 2.75) is 18.9 Å². The lowest BCUT2D eigenvalue weighted by atomic mass is 10.1. The van der Waals surface area contributed by atoms with Crippen LogP contribution in [0.4, 0.5) is 4.39 Å². The fourth-order valence-corrected chi connectivity index (χ4v) is 3.11. The van der Waals surface area contributed by atoms with Gasteiger partial charge in [0.25, 0.3) is 5.91 Å². The first-order valence-corrected chi connectivity index (χ1v) is 7.64. The van der Waals surface area contributed by atoms with Gasteiger partial charge in [-0.25, -0.2) is 4.39 Å². The van der Waals surface area contributed by atoms with E-state index in [1.165, 1.54) is 12.1 Å². The largest absolute Gasteiger partial charge is 0.384 e. The molecular formula is C15H16FNO2S. The van der Waals surface area contributed by atoms with Gasteiger partial charge in [0.1, 0.15) is 12.4 Å². The molecule has 3 nitrogen and oxygen atoms in total. The summed E-state index contributed by atoms with van der Waals surface area (Å²) in [5.41, 5.74) is 0.486. The van der Waals surface area contributed by atoms with E-state index in [0.717, 1.165) is 24.3 Å². The first-order valence-electron chi connectivity index (χ1n) is 6.48. The number of hydrogen-bond donors (Lipinski definition) is 2. The number of hydrogen-bond acceptors (Lipinski definition) is 3. The van der Waals surface area contributed by atoms with Crippen LogP contribution in [0.2, 0.25) is 0 Å². The fraction of sp³-hybridized carbons (Fsp3) is 0.400. The Labute approximate surface area is 122 Å². The number of carbonyl (C=O) groups excluding carboxylic acids is 1. The maximum absolute atomic E-state index is 13.7. The summed E-state index contributed by atoms with van der Waals surface area (Å²) < 4.78 is 13.7. The van der Waals surface area contributed by atoms with Crippen molar-refractivity contribution in [3.63, 3.8) is 0 Å². The predicted molar refractivity (Wildman–Crippen MR) is 78.2 cm³/mol. The van der Waals surface area contributed by atoms with Crippen LogP contribution in [0, 0.1) is 17.7 Å². The molecule has 0 spiro atoms. The molecule has 1 amide bonds. The molecular weight excluding hydrogens is 277 g/mol. The summed E-state index contributed by atoms with van der Waals surface area (Å²) >= 11 is 1.89. The van der Waals surface area contributed by atoms with Gasteiger partial charge in [-0.15, -0.1) is 0 Å². The zero-order valence-electron chi connectivity index (χ0n) is 11.0. The van der Waals surface area contributed by atoms with Crippen LogP contribution in [-0.4, -0.2) is 35.2 Å².